The molecule has 2 aliphatic rings. The van der Waals surface area contributed by atoms with E-state index in [1.807, 2.05) is 51.9 Å². The zero-order valence-corrected chi connectivity index (χ0v) is 18.6. The third kappa shape index (κ3) is 3.68. The Labute approximate surface area is 188 Å². The summed E-state index contributed by atoms with van der Waals surface area (Å²) in [4.78, 5) is 32.8. The van der Waals surface area contributed by atoms with E-state index in [4.69, 9.17) is 4.98 Å². The SMILES string of the molecule is CCc1nc2ccccc2n1CC(=O)N1C[C@@H](c2ccccc2)[C@@]2(CCCCC(=O)N2)C1. The average Bonchev–Trinajstić information content (AvgIpc) is 3.29. The third-order valence-electron chi connectivity index (χ3n) is 7.11. The lowest BCUT2D eigenvalue weighted by atomic mass is 9.79. The fourth-order valence-corrected chi connectivity index (χ4v) is 5.53. The number of imidazole rings is 1. The van der Waals surface area contributed by atoms with Crippen molar-refractivity contribution in [3.05, 3.63) is 66.0 Å². The number of para-hydroxylation sites is 2. The van der Waals surface area contributed by atoms with Crippen LogP contribution in [0.5, 0.6) is 0 Å². The monoisotopic (exact) mass is 430 g/mol. The normalized spacial score (nSPS) is 23.5. The van der Waals surface area contributed by atoms with Gasteiger partial charge in [0.1, 0.15) is 12.4 Å². The predicted octanol–water partition coefficient (Wildman–Crippen LogP) is 3.65. The van der Waals surface area contributed by atoms with Gasteiger partial charge >= 0.3 is 0 Å². The molecule has 32 heavy (non-hydrogen) atoms. The summed E-state index contributed by atoms with van der Waals surface area (Å²) < 4.78 is 2.05. The van der Waals surface area contributed by atoms with Crippen LogP contribution in [0.4, 0.5) is 0 Å². The number of hydrogen-bond donors (Lipinski definition) is 1. The second-order valence-electron chi connectivity index (χ2n) is 9.11. The molecule has 2 fully saturated rings. The highest BCUT2D eigenvalue weighted by atomic mass is 16.2. The molecule has 3 heterocycles. The van der Waals surface area contributed by atoms with Gasteiger partial charge in [-0.1, -0.05) is 55.8 Å². The highest BCUT2D eigenvalue weighted by Gasteiger charge is 2.49. The van der Waals surface area contributed by atoms with E-state index in [1.165, 1.54) is 5.56 Å². The maximum atomic E-state index is 13.6. The molecule has 2 aromatic carbocycles. The Morgan fingerprint density at radius 2 is 1.91 bits per heavy atom. The Balaban J connectivity index is 1.46. The average molecular weight is 431 g/mol. The van der Waals surface area contributed by atoms with Crippen LogP contribution >= 0.6 is 0 Å². The number of hydrogen-bond acceptors (Lipinski definition) is 3. The number of nitrogens with one attached hydrogen (secondary N) is 1. The lowest BCUT2D eigenvalue weighted by molar-refractivity contribution is -0.131. The van der Waals surface area contributed by atoms with Crippen LogP contribution in [-0.4, -0.2) is 44.9 Å². The van der Waals surface area contributed by atoms with Gasteiger partial charge in [0.2, 0.25) is 11.8 Å². The number of aromatic nitrogens is 2. The molecule has 1 N–H and O–H groups in total. The fourth-order valence-electron chi connectivity index (χ4n) is 5.53. The quantitative estimate of drug-likeness (QED) is 0.687. The van der Waals surface area contributed by atoms with Crippen LogP contribution in [0.3, 0.4) is 0 Å². The van der Waals surface area contributed by atoms with Crippen molar-refractivity contribution in [1.29, 1.82) is 0 Å². The predicted molar refractivity (Wildman–Crippen MR) is 124 cm³/mol. The molecule has 166 valence electrons. The van der Waals surface area contributed by atoms with Crippen molar-refractivity contribution < 1.29 is 9.59 Å². The summed E-state index contributed by atoms with van der Waals surface area (Å²) in [5.41, 5.74) is 2.71. The molecule has 0 unspecified atom stereocenters. The van der Waals surface area contributed by atoms with E-state index in [9.17, 15) is 9.59 Å². The number of likely N-dealkylation sites (tertiary alicyclic amines) is 1. The summed E-state index contributed by atoms with van der Waals surface area (Å²) >= 11 is 0. The van der Waals surface area contributed by atoms with Gasteiger partial charge in [0.15, 0.2) is 0 Å². The van der Waals surface area contributed by atoms with Crippen LogP contribution in [0.2, 0.25) is 0 Å². The minimum absolute atomic E-state index is 0.0826. The molecular weight excluding hydrogens is 400 g/mol. The van der Waals surface area contributed by atoms with E-state index < -0.39 is 5.54 Å². The number of rotatable bonds is 4. The highest BCUT2D eigenvalue weighted by molar-refractivity contribution is 5.82. The first-order valence-corrected chi connectivity index (χ1v) is 11.7. The maximum Gasteiger partial charge on any atom is 0.242 e. The van der Waals surface area contributed by atoms with Crippen molar-refractivity contribution in [2.45, 2.75) is 57.0 Å². The molecular formula is C26H30N4O2. The molecule has 0 radical (unpaired) electrons. The molecule has 1 aromatic heterocycles. The van der Waals surface area contributed by atoms with E-state index in [2.05, 4.69) is 24.4 Å². The molecule has 3 aromatic rings. The molecule has 0 saturated carbocycles. The molecule has 6 nitrogen and oxygen atoms in total. The van der Waals surface area contributed by atoms with Crippen molar-refractivity contribution in [2.75, 3.05) is 13.1 Å². The fraction of sp³-hybridized carbons (Fsp3) is 0.423. The molecule has 2 aliphatic heterocycles. The van der Waals surface area contributed by atoms with Crippen molar-refractivity contribution in [3.63, 3.8) is 0 Å². The summed E-state index contributed by atoms with van der Waals surface area (Å²) in [5.74, 6) is 1.21. The molecule has 5 rings (SSSR count). The molecule has 1 spiro atoms. The first kappa shape index (κ1) is 20.7. The first-order valence-electron chi connectivity index (χ1n) is 11.7. The number of carbonyl (C=O) groups is 2. The molecule has 2 saturated heterocycles. The lowest BCUT2D eigenvalue weighted by Crippen LogP contribution is -2.53. The minimum atomic E-state index is -0.394. The maximum absolute atomic E-state index is 13.6. The van der Waals surface area contributed by atoms with Crippen molar-refractivity contribution in [3.8, 4) is 0 Å². The molecule has 6 heteroatoms. The highest BCUT2D eigenvalue weighted by Crippen LogP contribution is 2.41. The minimum Gasteiger partial charge on any atom is -0.348 e. The Bertz CT molecular complexity index is 1140. The number of nitrogens with zero attached hydrogens (tertiary/aromatic N) is 3. The Morgan fingerprint density at radius 1 is 1.12 bits per heavy atom. The second kappa shape index (κ2) is 8.41. The molecule has 0 bridgehead atoms. The van der Waals surface area contributed by atoms with Crippen molar-refractivity contribution in [2.24, 2.45) is 0 Å². The third-order valence-corrected chi connectivity index (χ3v) is 7.11. The van der Waals surface area contributed by atoms with Crippen LogP contribution in [0, 0.1) is 0 Å². The van der Waals surface area contributed by atoms with Crippen LogP contribution in [0.25, 0.3) is 11.0 Å². The summed E-state index contributed by atoms with van der Waals surface area (Å²) in [7, 11) is 0. The topological polar surface area (TPSA) is 67.2 Å². The molecule has 0 aliphatic carbocycles. The zero-order chi connectivity index (χ0) is 22.1. The Kier molecular flexibility index (Phi) is 5.45. The Hall–Kier alpha value is -3.15. The number of aryl methyl sites for hydroxylation is 1. The van der Waals surface area contributed by atoms with Crippen LogP contribution in [0.15, 0.2) is 54.6 Å². The van der Waals surface area contributed by atoms with Crippen molar-refractivity contribution >= 4 is 22.8 Å². The molecule has 2 atom stereocenters. The van der Waals surface area contributed by atoms with E-state index in [0.29, 0.717) is 19.5 Å². The van der Waals surface area contributed by atoms with Gasteiger partial charge in [-0.15, -0.1) is 0 Å². The first-order chi connectivity index (χ1) is 15.6. The van der Waals surface area contributed by atoms with E-state index in [1.54, 1.807) is 0 Å². The van der Waals surface area contributed by atoms with E-state index in [-0.39, 0.29) is 24.3 Å². The smallest absolute Gasteiger partial charge is 0.242 e. The largest absolute Gasteiger partial charge is 0.348 e. The van der Waals surface area contributed by atoms with Gasteiger partial charge < -0.3 is 14.8 Å². The van der Waals surface area contributed by atoms with Crippen LogP contribution < -0.4 is 5.32 Å². The van der Waals surface area contributed by atoms with Gasteiger partial charge in [0.05, 0.1) is 16.6 Å². The number of amides is 2. The zero-order valence-electron chi connectivity index (χ0n) is 18.6. The summed E-state index contributed by atoms with van der Waals surface area (Å²) in [6.07, 6.45) is 4.14. The number of benzene rings is 2. The number of carbonyl (C=O) groups excluding carboxylic acids is 2. The summed E-state index contributed by atoms with van der Waals surface area (Å²) in [6.45, 7) is 3.52. The van der Waals surface area contributed by atoms with Gasteiger partial charge in [-0.25, -0.2) is 4.98 Å². The molecule has 2 amide bonds. The van der Waals surface area contributed by atoms with Gasteiger partial charge in [-0.2, -0.15) is 0 Å². The van der Waals surface area contributed by atoms with E-state index >= 15 is 0 Å². The van der Waals surface area contributed by atoms with Gasteiger partial charge in [-0.05, 0) is 30.5 Å². The Morgan fingerprint density at radius 3 is 2.72 bits per heavy atom. The van der Waals surface area contributed by atoms with Gasteiger partial charge in [0, 0.05) is 31.8 Å². The number of fused-ring (bicyclic) bond motifs is 1. The van der Waals surface area contributed by atoms with Crippen LogP contribution in [-0.2, 0) is 22.6 Å². The summed E-state index contributed by atoms with van der Waals surface area (Å²) in [5, 5.41) is 3.35. The van der Waals surface area contributed by atoms with Crippen molar-refractivity contribution in [1.82, 2.24) is 19.8 Å². The van der Waals surface area contributed by atoms with Gasteiger partial charge in [0.25, 0.3) is 0 Å². The lowest BCUT2D eigenvalue weighted by Gasteiger charge is -2.34. The standard InChI is InChI=1S/C26H30N4O2/c1-2-23-27-21-12-6-7-13-22(21)30(23)17-25(32)29-16-20(19-10-4-3-5-11-19)26(18-29)15-9-8-14-24(31)28-26/h3-7,10-13,20H,2,8-9,14-18H2,1H3,(H,28,31)/t20-,26+/m0/s1. The summed E-state index contributed by atoms with van der Waals surface area (Å²) in [6, 6.07) is 18.3. The van der Waals surface area contributed by atoms with E-state index in [0.717, 1.165) is 42.5 Å². The van der Waals surface area contributed by atoms with Gasteiger partial charge in [-0.3, -0.25) is 9.59 Å². The van der Waals surface area contributed by atoms with Crippen LogP contribution in [0.1, 0.15) is 49.9 Å². The second-order valence-corrected chi connectivity index (χ2v) is 9.11.